The zero-order valence-electron chi connectivity index (χ0n) is 13.5. The quantitative estimate of drug-likeness (QED) is 0.936. The van der Waals surface area contributed by atoms with Crippen LogP contribution in [0, 0.1) is 6.92 Å². The molecule has 1 aromatic heterocycles. The molecule has 1 aromatic carbocycles. The first-order chi connectivity index (χ1) is 11.1. The van der Waals surface area contributed by atoms with Gasteiger partial charge in [0.2, 0.25) is 5.95 Å². The van der Waals surface area contributed by atoms with Crippen LogP contribution in [-0.2, 0) is 0 Å². The second-order valence-corrected chi connectivity index (χ2v) is 5.86. The van der Waals surface area contributed by atoms with Crippen LogP contribution in [0.25, 0.3) is 0 Å². The Kier molecular flexibility index (Phi) is 4.52. The Hall–Kier alpha value is -2.47. The SMILES string of the molecule is Cc1cccc(NC(=O)c2ccnc(N3CCN(C)CC3)n2)c1. The molecule has 2 heterocycles. The number of benzene rings is 1. The molecule has 23 heavy (non-hydrogen) atoms. The summed E-state index contributed by atoms with van der Waals surface area (Å²) in [6, 6.07) is 9.35. The Morgan fingerprint density at radius 1 is 1.17 bits per heavy atom. The van der Waals surface area contributed by atoms with E-state index < -0.39 is 0 Å². The van der Waals surface area contributed by atoms with E-state index in [2.05, 4.69) is 32.1 Å². The number of aromatic nitrogens is 2. The molecule has 1 aliphatic rings. The maximum absolute atomic E-state index is 12.4. The Morgan fingerprint density at radius 3 is 2.70 bits per heavy atom. The third-order valence-electron chi connectivity index (χ3n) is 3.94. The molecular weight excluding hydrogens is 290 g/mol. The minimum absolute atomic E-state index is 0.214. The van der Waals surface area contributed by atoms with Gasteiger partial charge in [0.25, 0.3) is 5.91 Å². The van der Waals surface area contributed by atoms with Gasteiger partial charge in [0.1, 0.15) is 5.69 Å². The van der Waals surface area contributed by atoms with E-state index in [1.165, 1.54) is 0 Å². The van der Waals surface area contributed by atoms with Crippen LogP contribution in [-0.4, -0.2) is 54.0 Å². The van der Waals surface area contributed by atoms with Crippen LogP contribution in [0.2, 0.25) is 0 Å². The molecule has 1 fully saturated rings. The van der Waals surface area contributed by atoms with Gasteiger partial charge in [-0.05, 0) is 37.7 Å². The molecular formula is C17H21N5O. The molecule has 0 radical (unpaired) electrons. The van der Waals surface area contributed by atoms with Crippen molar-refractivity contribution in [1.29, 1.82) is 0 Å². The molecule has 6 heteroatoms. The van der Waals surface area contributed by atoms with Crippen LogP contribution in [0.1, 0.15) is 16.1 Å². The van der Waals surface area contributed by atoms with Gasteiger partial charge in [-0.2, -0.15) is 0 Å². The number of amides is 1. The first kappa shape index (κ1) is 15.4. The van der Waals surface area contributed by atoms with Crippen LogP contribution in [0.15, 0.2) is 36.5 Å². The number of carbonyl (C=O) groups excluding carboxylic acids is 1. The molecule has 1 N–H and O–H groups in total. The number of nitrogens with zero attached hydrogens (tertiary/aromatic N) is 4. The Balaban J connectivity index is 1.72. The predicted molar refractivity (Wildman–Crippen MR) is 90.9 cm³/mol. The second-order valence-electron chi connectivity index (χ2n) is 5.86. The summed E-state index contributed by atoms with van der Waals surface area (Å²) in [5.41, 5.74) is 2.26. The fourth-order valence-electron chi connectivity index (χ4n) is 2.55. The van der Waals surface area contributed by atoms with Gasteiger partial charge in [-0.1, -0.05) is 12.1 Å². The molecule has 0 aliphatic carbocycles. The molecule has 3 rings (SSSR count). The highest BCUT2D eigenvalue weighted by Gasteiger charge is 2.18. The van der Waals surface area contributed by atoms with E-state index in [1.54, 1.807) is 12.3 Å². The number of anilines is 2. The van der Waals surface area contributed by atoms with Gasteiger partial charge in [0.15, 0.2) is 0 Å². The van der Waals surface area contributed by atoms with Crippen LogP contribution in [0.3, 0.4) is 0 Å². The lowest BCUT2D eigenvalue weighted by Gasteiger charge is -2.32. The largest absolute Gasteiger partial charge is 0.338 e. The molecule has 0 spiro atoms. The number of hydrogen-bond acceptors (Lipinski definition) is 5. The molecule has 0 unspecified atom stereocenters. The number of carbonyl (C=O) groups is 1. The van der Waals surface area contributed by atoms with E-state index in [0.29, 0.717) is 11.6 Å². The summed E-state index contributed by atoms with van der Waals surface area (Å²) >= 11 is 0. The normalized spacial score (nSPS) is 15.5. The van der Waals surface area contributed by atoms with Crippen LogP contribution < -0.4 is 10.2 Å². The van der Waals surface area contributed by atoms with E-state index >= 15 is 0 Å². The Bertz CT molecular complexity index is 695. The monoisotopic (exact) mass is 311 g/mol. The molecule has 120 valence electrons. The third kappa shape index (κ3) is 3.84. The average Bonchev–Trinajstić information content (AvgIpc) is 2.56. The zero-order valence-corrected chi connectivity index (χ0v) is 13.5. The van der Waals surface area contributed by atoms with Crippen molar-refractivity contribution >= 4 is 17.5 Å². The van der Waals surface area contributed by atoms with Crippen molar-refractivity contribution in [3.05, 3.63) is 47.8 Å². The van der Waals surface area contributed by atoms with Crippen molar-refractivity contribution in [2.45, 2.75) is 6.92 Å². The molecule has 1 amide bonds. The lowest BCUT2D eigenvalue weighted by Crippen LogP contribution is -2.45. The second kappa shape index (κ2) is 6.75. The number of likely N-dealkylation sites (N-methyl/N-ethyl adjacent to an activating group) is 1. The predicted octanol–water partition coefficient (Wildman–Crippen LogP) is 1.79. The van der Waals surface area contributed by atoms with Crippen molar-refractivity contribution in [2.24, 2.45) is 0 Å². The van der Waals surface area contributed by atoms with Crippen molar-refractivity contribution in [2.75, 3.05) is 43.4 Å². The maximum atomic E-state index is 12.4. The summed E-state index contributed by atoms with van der Waals surface area (Å²) in [6.07, 6.45) is 1.64. The molecule has 1 saturated heterocycles. The number of piperazine rings is 1. The number of rotatable bonds is 3. The highest BCUT2D eigenvalue weighted by molar-refractivity contribution is 6.03. The van der Waals surface area contributed by atoms with Crippen LogP contribution >= 0.6 is 0 Å². The molecule has 0 saturated carbocycles. The van der Waals surface area contributed by atoms with Gasteiger partial charge in [0, 0.05) is 38.1 Å². The molecule has 2 aromatic rings. The fraction of sp³-hybridized carbons (Fsp3) is 0.353. The van der Waals surface area contributed by atoms with Gasteiger partial charge in [-0.15, -0.1) is 0 Å². The van der Waals surface area contributed by atoms with Gasteiger partial charge < -0.3 is 15.1 Å². The number of aryl methyl sites for hydroxylation is 1. The Morgan fingerprint density at radius 2 is 1.96 bits per heavy atom. The van der Waals surface area contributed by atoms with E-state index in [9.17, 15) is 4.79 Å². The van der Waals surface area contributed by atoms with E-state index in [4.69, 9.17) is 0 Å². The summed E-state index contributed by atoms with van der Waals surface area (Å²) in [5.74, 6) is 0.406. The van der Waals surface area contributed by atoms with Crippen molar-refractivity contribution in [1.82, 2.24) is 14.9 Å². The van der Waals surface area contributed by atoms with E-state index in [0.717, 1.165) is 37.4 Å². The van der Waals surface area contributed by atoms with E-state index in [1.807, 2.05) is 31.2 Å². The van der Waals surface area contributed by atoms with Gasteiger partial charge in [0.05, 0.1) is 0 Å². The van der Waals surface area contributed by atoms with Gasteiger partial charge in [-0.25, -0.2) is 9.97 Å². The highest BCUT2D eigenvalue weighted by atomic mass is 16.1. The number of hydrogen-bond donors (Lipinski definition) is 1. The summed E-state index contributed by atoms with van der Waals surface area (Å²) in [4.78, 5) is 25.5. The lowest BCUT2D eigenvalue weighted by molar-refractivity contribution is 0.102. The molecule has 1 aliphatic heterocycles. The minimum Gasteiger partial charge on any atom is -0.338 e. The topological polar surface area (TPSA) is 61.4 Å². The summed E-state index contributed by atoms with van der Waals surface area (Å²) in [5, 5.41) is 2.88. The summed E-state index contributed by atoms with van der Waals surface area (Å²) < 4.78 is 0. The zero-order chi connectivity index (χ0) is 16.2. The van der Waals surface area contributed by atoms with Crippen LogP contribution in [0.5, 0.6) is 0 Å². The summed E-state index contributed by atoms with van der Waals surface area (Å²) in [6.45, 7) is 5.69. The maximum Gasteiger partial charge on any atom is 0.274 e. The lowest BCUT2D eigenvalue weighted by atomic mass is 10.2. The van der Waals surface area contributed by atoms with Crippen LogP contribution in [0.4, 0.5) is 11.6 Å². The van der Waals surface area contributed by atoms with Gasteiger partial charge in [-0.3, -0.25) is 4.79 Å². The average molecular weight is 311 g/mol. The molecule has 6 nitrogen and oxygen atoms in total. The minimum atomic E-state index is -0.214. The molecule has 0 bridgehead atoms. The Labute approximate surface area is 136 Å². The fourth-order valence-corrected chi connectivity index (χ4v) is 2.55. The van der Waals surface area contributed by atoms with Crippen molar-refractivity contribution in [3.8, 4) is 0 Å². The highest BCUT2D eigenvalue weighted by Crippen LogP contribution is 2.13. The molecule has 0 atom stereocenters. The first-order valence-electron chi connectivity index (χ1n) is 7.76. The summed E-state index contributed by atoms with van der Waals surface area (Å²) in [7, 11) is 2.10. The third-order valence-corrected chi connectivity index (χ3v) is 3.94. The smallest absolute Gasteiger partial charge is 0.274 e. The van der Waals surface area contributed by atoms with Crippen molar-refractivity contribution in [3.63, 3.8) is 0 Å². The van der Waals surface area contributed by atoms with Crippen molar-refractivity contribution < 1.29 is 4.79 Å². The number of nitrogens with one attached hydrogen (secondary N) is 1. The standard InChI is InChI=1S/C17H21N5O/c1-13-4-3-5-14(12-13)19-16(23)15-6-7-18-17(20-15)22-10-8-21(2)9-11-22/h3-7,12H,8-11H2,1-2H3,(H,19,23). The van der Waals surface area contributed by atoms with E-state index in [-0.39, 0.29) is 5.91 Å². The first-order valence-corrected chi connectivity index (χ1v) is 7.76. The van der Waals surface area contributed by atoms with Gasteiger partial charge >= 0.3 is 0 Å².